The molecule has 0 saturated carbocycles. The maximum absolute atomic E-state index is 11.0. The molecule has 0 saturated heterocycles. The molecular formula is C4H3N3O5S. The highest BCUT2D eigenvalue weighted by Gasteiger charge is 2.33. The number of hydrogen-bond donors (Lipinski definition) is 2. The van der Waals surface area contributed by atoms with Crippen molar-refractivity contribution in [2.24, 2.45) is 0 Å². The number of nitrogens with two attached hydrogens (primary N) is 1. The second-order valence-corrected chi connectivity index (χ2v) is 3.31. The monoisotopic (exact) mass is 205 g/mol. The minimum Gasteiger partial charge on any atom is -0.369 e. The van der Waals surface area contributed by atoms with Gasteiger partial charge in [0.15, 0.2) is 0 Å². The molecule has 0 amide bonds. The van der Waals surface area contributed by atoms with Gasteiger partial charge in [-0.1, -0.05) is 0 Å². The number of hydrogen-bond acceptors (Lipinski definition) is 7. The molecule has 1 aliphatic heterocycles. The molecule has 1 aromatic rings. The maximum Gasteiger partial charge on any atom is 0.503 e. The van der Waals surface area contributed by atoms with E-state index in [1.54, 1.807) is 0 Å². The van der Waals surface area contributed by atoms with Crippen molar-refractivity contribution in [2.75, 3.05) is 5.73 Å². The Kier molecular flexibility index (Phi) is 1.29. The third-order valence-electron chi connectivity index (χ3n) is 1.23. The summed E-state index contributed by atoms with van der Waals surface area (Å²) in [7, 11) is -4.18. The summed E-state index contributed by atoms with van der Waals surface area (Å²) in [6, 6.07) is 0. The van der Waals surface area contributed by atoms with E-state index in [0.717, 1.165) is 0 Å². The second-order valence-electron chi connectivity index (χ2n) is 2.16. The van der Waals surface area contributed by atoms with Crippen LogP contribution in [-0.2, 0) is 10.4 Å². The molecule has 0 fully saturated rings. The minimum absolute atomic E-state index is 0.246. The van der Waals surface area contributed by atoms with Gasteiger partial charge in [0.1, 0.15) is 0 Å². The molecule has 2 rings (SSSR count). The summed E-state index contributed by atoms with van der Waals surface area (Å²) in [6.45, 7) is 0. The summed E-state index contributed by atoms with van der Waals surface area (Å²) in [5.41, 5.74) is 4.32. The fourth-order valence-corrected chi connectivity index (χ4v) is 1.50. The summed E-state index contributed by atoms with van der Waals surface area (Å²) in [5.74, 6) is -1.19. The standard InChI is InChI=1S/C4H3N3O5S/c5-4-6-2(8)1-3(7-4)12-13(9,10)11-1/h(H3,5,6,7,8). The third-order valence-corrected chi connectivity index (χ3v) is 1.96. The summed E-state index contributed by atoms with van der Waals surface area (Å²) >= 11 is 0. The van der Waals surface area contributed by atoms with E-state index in [1.165, 1.54) is 0 Å². The lowest BCUT2D eigenvalue weighted by molar-refractivity contribution is 0.433. The van der Waals surface area contributed by atoms with Crippen molar-refractivity contribution in [3.63, 3.8) is 0 Å². The summed E-state index contributed by atoms with van der Waals surface area (Å²) in [4.78, 5) is 16.4. The molecule has 0 aromatic carbocycles. The number of H-pyrrole nitrogens is 1. The maximum atomic E-state index is 11.0. The van der Waals surface area contributed by atoms with Gasteiger partial charge < -0.3 is 14.1 Å². The summed E-state index contributed by atoms with van der Waals surface area (Å²) < 4.78 is 29.7. The zero-order valence-corrected chi connectivity index (χ0v) is 6.79. The Hall–Kier alpha value is -1.77. The molecule has 70 valence electrons. The minimum atomic E-state index is -4.18. The average Bonchev–Trinajstić information content (AvgIpc) is 2.23. The lowest BCUT2D eigenvalue weighted by atomic mass is 10.5. The third kappa shape index (κ3) is 1.18. The van der Waals surface area contributed by atoms with E-state index in [4.69, 9.17) is 5.73 Å². The average molecular weight is 205 g/mol. The Bertz CT molecular complexity index is 517. The van der Waals surface area contributed by atoms with Crippen LogP contribution in [-0.4, -0.2) is 18.4 Å². The van der Waals surface area contributed by atoms with E-state index in [1.807, 2.05) is 4.98 Å². The molecule has 0 unspecified atom stereocenters. The van der Waals surface area contributed by atoms with Crippen LogP contribution in [0.25, 0.3) is 0 Å². The Morgan fingerprint density at radius 1 is 1.38 bits per heavy atom. The van der Waals surface area contributed by atoms with Gasteiger partial charge in [-0.05, 0) is 0 Å². The molecule has 3 N–H and O–H groups in total. The number of nitrogens with one attached hydrogen (secondary N) is 1. The van der Waals surface area contributed by atoms with E-state index >= 15 is 0 Å². The van der Waals surface area contributed by atoms with Gasteiger partial charge >= 0.3 is 16.0 Å². The lowest BCUT2D eigenvalue weighted by Crippen LogP contribution is -2.12. The second kappa shape index (κ2) is 2.13. The first-order valence-corrected chi connectivity index (χ1v) is 4.35. The zero-order chi connectivity index (χ0) is 9.64. The van der Waals surface area contributed by atoms with Crippen molar-refractivity contribution in [3.8, 4) is 11.6 Å². The van der Waals surface area contributed by atoms with Crippen LogP contribution in [0.5, 0.6) is 11.6 Å². The smallest absolute Gasteiger partial charge is 0.369 e. The van der Waals surface area contributed by atoms with Crippen molar-refractivity contribution in [1.82, 2.24) is 9.97 Å². The van der Waals surface area contributed by atoms with E-state index in [0.29, 0.717) is 0 Å². The van der Waals surface area contributed by atoms with E-state index in [-0.39, 0.29) is 5.95 Å². The highest BCUT2D eigenvalue weighted by Crippen LogP contribution is 2.29. The predicted octanol–water partition coefficient (Wildman–Crippen LogP) is -1.63. The van der Waals surface area contributed by atoms with Crippen molar-refractivity contribution in [3.05, 3.63) is 10.4 Å². The number of nitrogens with zero attached hydrogens (tertiary/aromatic N) is 1. The molecule has 8 nitrogen and oxygen atoms in total. The molecule has 2 heterocycles. The Morgan fingerprint density at radius 2 is 2.08 bits per heavy atom. The Morgan fingerprint density at radius 3 is 2.77 bits per heavy atom. The molecule has 9 heteroatoms. The Balaban J connectivity index is 2.72. The summed E-state index contributed by atoms with van der Waals surface area (Å²) in [5, 5.41) is 0. The fraction of sp³-hybridized carbons (Fsp3) is 0. The van der Waals surface area contributed by atoms with Crippen molar-refractivity contribution in [1.29, 1.82) is 0 Å². The number of rotatable bonds is 0. The van der Waals surface area contributed by atoms with Crippen LogP contribution < -0.4 is 19.7 Å². The molecule has 1 aliphatic rings. The normalized spacial score (nSPS) is 17.2. The van der Waals surface area contributed by atoms with Crippen molar-refractivity contribution < 1.29 is 16.8 Å². The molecular weight excluding hydrogens is 202 g/mol. The quantitative estimate of drug-likeness (QED) is 0.520. The van der Waals surface area contributed by atoms with E-state index in [9.17, 15) is 13.2 Å². The van der Waals surface area contributed by atoms with Crippen LogP contribution in [0.2, 0.25) is 0 Å². The van der Waals surface area contributed by atoms with Gasteiger partial charge in [0.25, 0.3) is 11.6 Å². The molecule has 0 spiro atoms. The van der Waals surface area contributed by atoms with Crippen LogP contribution in [0, 0.1) is 0 Å². The highest BCUT2D eigenvalue weighted by atomic mass is 32.3. The molecule has 0 bridgehead atoms. The fourth-order valence-electron chi connectivity index (χ4n) is 0.804. The van der Waals surface area contributed by atoms with Gasteiger partial charge in [-0.25, -0.2) is 0 Å². The topological polar surface area (TPSA) is 124 Å². The van der Waals surface area contributed by atoms with Gasteiger partial charge in [0.05, 0.1) is 0 Å². The largest absolute Gasteiger partial charge is 0.503 e. The molecule has 1 aromatic heterocycles. The molecule has 0 atom stereocenters. The number of nitrogen functional groups attached to an aromatic ring is 1. The van der Waals surface area contributed by atoms with Crippen LogP contribution in [0.1, 0.15) is 0 Å². The number of fused-ring (bicyclic) bond motifs is 1. The van der Waals surface area contributed by atoms with Gasteiger partial charge in [0, 0.05) is 0 Å². The number of anilines is 1. The number of aromatic amines is 1. The Labute approximate surface area is 71.6 Å². The van der Waals surface area contributed by atoms with Gasteiger partial charge in [-0.3, -0.25) is 9.78 Å². The van der Waals surface area contributed by atoms with E-state index in [2.05, 4.69) is 13.4 Å². The summed E-state index contributed by atoms with van der Waals surface area (Å²) in [6.07, 6.45) is 0. The van der Waals surface area contributed by atoms with Crippen LogP contribution in [0.4, 0.5) is 5.95 Å². The van der Waals surface area contributed by atoms with E-state index < -0.39 is 27.6 Å². The first kappa shape index (κ1) is 7.86. The van der Waals surface area contributed by atoms with Crippen molar-refractivity contribution >= 4 is 16.3 Å². The molecule has 0 aliphatic carbocycles. The lowest BCUT2D eigenvalue weighted by Gasteiger charge is -1.91. The first-order valence-electron chi connectivity index (χ1n) is 3.01. The van der Waals surface area contributed by atoms with Gasteiger partial charge in [-0.2, -0.15) is 4.98 Å². The molecule has 0 radical (unpaired) electrons. The number of aromatic nitrogens is 2. The van der Waals surface area contributed by atoms with Crippen LogP contribution in [0.15, 0.2) is 4.79 Å². The molecule has 13 heavy (non-hydrogen) atoms. The van der Waals surface area contributed by atoms with Crippen LogP contribution in [0.3, 0.4) is 0 Å². The SMILES string of the molecule is Nc1nc2c(c(=O)[nH]1)OS(=O)(=O)O2. The van der Waals surface area contributed by atoms with Gasteiger partial charge in [-0.15, -0.1) is 8.42 Å². The van der Waals surface area contributed by atoms with Gasteiger partial charge in [0.2, 0.25) is 5.95 Å². The van der Waals surface area contributed by atoms with Crippen LogP contribution >= 0.6 is 0 Å². The predicted molar refractivity (Wildman–Crippen MR) is 39.4 cm³/mol. The first-order chi connectivity index (χ1) is 5.98. The van der Waals surface area contributed by atoms with Crippen molar-refractivity contribution in [2.45, 2.75) is 0 Å². The highest BCUT2D eigenvalue weighted by molar-refractivity contribution is 7.82. The zero-order valence-electron chi connectivity index (χ0n) is 5.97.